The van der Waals surface area contributed by atoms with Crippen LogP contribution in [0.25, 0.3) is 11.0 Å². The van der Waals surface area contributed by atoms with Gasteiger partial charge in [0.25, 0.3) is 0 Å². The van der Waals surface area contributed by atoms with Crippen molar-refractivity contribution in [3.8, 4) is 11.8 Å². The molecule has 1 aliphatic carbocycles. The number of hydrogen-bond acceptors (Lipinski definition) is 9. The van der Waals surface area contributed by atoms with E-state index in [1.54, 1.807) is 12.4 Å². The second kappa shape index (κ2) is 9.32. The van der Waals surface area contributed by atoms with E-state index in [0.29, 0.717) is 17.6 Å². The molecule has 164 valence electrons. The summed E-state index contributed by atoms with van der Waals surface area (Å²) in [7, 11) is 0. The Kier molecular flexibility index (Phi) is 5.94. The fourth-order valence-corrected chi connectivity index (χ4v) is 4.27. The first-order valence-corrected chi connectivity index (χ1v) is 11.0. The van der Waals surface area contributed by atoms with Crippen LogP contribution < -0.4 is 15.0 Å². The molecule has 1 aliphatic heterocycles. The zero-order valence-corrected chi connectivity index (χ0v) is 17.8. The summed E-state index contributed by atoms with van der Waals surface area (Å²) in [5.74, 6) is 1.36. The minimum Gasteiger partial charge on any atom is -0.488 e. The number of fused-ring (bicyclic) bond motifs is 1. The highest BCUT2D eigenvalue weighted by Gasteiger charge is 2.24. The normalized spacial score (nSPS) is 21.2. The highest BCUT2D eigenvalue weighted by Crippen LogP contribution is 2.33. The van der Waals surface area contributed by atoms with Gasteiger partial charge in [-0.2, -0.15) is 5.26 Å². The van der Waals surface area contributed by atoms with Crippen molar-refractivity contribution in [2.24, 2.45) is 0 Å². The molecule has 2 fully saturated rings. The van der Waals surface area contributed by atoms with Gasteiger partial charge in [0.1, 0.15) is 17.3 Å². The summed E-state index contributed by atoms with van der Waals surface area (Å²) in [6.45, 7) is 3.18. The van der Waals surface area contributed by atoms with Crippen molar-refractivity contribution in [3.63, 3.8) is 0 Å². The number of nitrogens with zero attached hydrogens (tertiary/aromatic N) is 6. The third-order valence-electron chi connectivity index (χ3n) is 5.98. The number of hydrogen-bond donors (Lipinski definition) is 1. The number of ether oxygens (including phenoxy) is 2. The van der Waals surface area contributed by atoms with Crippen LogP contribution in [0.15, 0.2) is 36.9 Å². The molecule has 1 saturated heterocycles. The Morgan fingerprint density at radius 1 is 1.00 bits per heavy atom. The van der Waals surface area contributed by atoms with E-state index >= 15 is 0 Å². The molecule has 0 bridgehead atoms. The predicted octanol–water partition coefficient (Wildman–Crippen LogP) is 2.93. The molecule has 1 aromatic carbocycles. The molecule has 0 unspecified atom stereocenters. The van der Waals surface area contributed by atoms with Gasteiger partial charge in [-0.3, -0.25) is 4.98 Å². The van der Waals surface area contributed by atoms with Crippen LogP contribution in [0.1, 0.15) is 31.2 Å². The first kappa shape index (κ1) is 20.4. The molecule has 5 rings (SSSR count). The number of morpholine rings is 1. The molecule has 9 heteroatoms. The van der Waals surface area contributed by atoms with Gasteiger partial charge in [-0.25, -0.2) is 15.0 Å². The Labute approximate surface area is 186 Å². The maximum absolute atomic E-state index is 8.88. The average Bonchev–Trinajstić information content (AvgIpc) is 2.86. The third-order valence-corrected chi connectivity index (χ3v) is 5.98. The van der Waals surface area contributed by atoms with Crippen LogP contribution in [0.5, 0.6) is 5.75 Å². The van der Waals surface area contributed by atoms with E-state index in [2.05, 4.69) is 42.3 Å². The van der Waals surface area contributed by atoms with Crippen molar-refractivity contribution in [2.75, 3.05) is 36.5 Å². The Morgan fingerprint density at radius 2 is 1.75 bits per heavy atom. The maximum atomic E-state index is 8.88. The van der Waals surface area contributed by atoms with Crippen molar-refractivity contribution < 1.29 is 9.47 Å². The largest absolute Gasteiger partial charge is 0.488 e. The summed E-state index contributed by atoms with van der Waals surface area (Å²) in [6.07, 6.45) is 10.4. The highest BCUT2D eigenvalue weighted by molar-refractivity contribution is 5.85. The molecule has 9 nitrogen and oxygen atoms in total. The predicted molar refractivity (Wildman–Crippen MR) is 120 cm³/mol. The monoisotopic (exact) mass is 431 g/mol. The summed E-state index contributed by atoms with van der Waals surface area (Å²) in [4.78, 5) is 19.8. The average molecular weight is 432 g/mol. The van der Waals surface area contributed by atoms with Gasteiger partial charge in [0.2, 0.25) is 5.95 Å². The van der Waals surface area contributed by atoms with Gasteiger partial charge in [0.15, 0.2) is 0 Å². The molecule has 2 aromatic heterocycles. The summed E-state index contributed by atoms with van der Waals surface area (Å²) in [6, 6.07) is 6.50. The third kappa shape index (κ3) is 4.55. The molecule has 1 saturated carbocycles. The first-order chi connectivity index (χ1) is 15.8. The smallest absolute Gasteiger partial charge is 0.222 e. The van der Waals surface area contributed by atoms with Crippen molar-refractivity contribution in [3.05, 3.63) is 42.5 Å². The lowest BCUT2D eigenvalue weighted by Gasteiger charge is -2.31. The zero-order valence-electron chi connectivity index (χ0n) is 17.8. The van der Waals surface area contributed by atoms with Gasteiger partial charge in [0.05, 0.1) is 42.8 Å². The summed E-state index contributed by atoms with van der Waals surface area (Å²) in [5, 5.41) is 12.2. The Balaban J connectivity index is 1.26. The topological polar surface area (TPSA) is 109 Å². The molecule has 32 heavy (non-hydrogen) atoms. The minimum absolute atomic E-state index is 0.125. The maximum Gasteiger partial charge on any atom is 0.222 e. The van der Waals surface area contributed by atoms with Crippen LogP contribution in [0.3, 0.4) is 0 Å². The number of anilines is 2. The van der Waals surface area contributed by atoms with Crippen LogP contribution in [-0.4, -0.2) is 58.4 Å². The molecule has 0 amide bonds. The van der Waals surface area contributed by atoms with E-state index in [1.165, 1.54) is 12.4 Å². The first-order valence-electron chi connectivity index (χ1n) is 11.0. The Hall–Kier alpha value is -3.51. The van der Waals surface area contributed by atoms with Crippen LogP contribution >= 0.6 is 0 Å². The van der Waals surface area contributed by atoms with Gasteiger partial charge in [-0.1, -0.05) is 0 Å². The van der Waals surface area contributed by atoms with Crippen molar-refractivity contribution >= 4 is 22.7 Å². The lowest BCUT2D eigenvalue weighted by molar-refractivity contribution is 0.122. The summed E-state index contributed by atoms with van der Waals surface area (Å²) < 4.78 is 12.0. The van der Waals surface area contributed by atoms with E-state index in [4.69, 9.17) is 14.7 Å². The zero-order chi connectivity index (χ0) is 21.8. The van der Waals surface area contributed by atoms with Crippen LogP contribution in [0.2, 0.25) is 0 Å². The van der Waals surface area contributed by atoms with E-state index in [1.807, 2.05) is 6.07 Å². The van der Waals surface area contributed by atoms with Gasteiger partial charge >= 0.3 is 0 Å². The van der Waals surface area contributed by atoms with Gasteiger partial charge < -0.3 is 19.7 Å². The molecule has 3 heterocycles. The molecule has 1 N–H and O–H groups in total. The van der Waals surface area contributed by atoms with Crippen LogP contribution in [0.4, 0.5) is 11.6 Å². The second-order valence-corrected chi connectivity index (χ2v) is 8.11. The second-order valence-electron chi connectivity index (χ2n) is 8.11. The Morgan fingerprint density at radius 3 is 2.50 bits per heavy atom. The van der Waals surface area contributed by atoms with E-state index in [9.17, 15) is 0 Å². The number of nitriles is 1. The van der Waals surface area contributed by atoms with Gasteiger partial charge in [-0.15, -0.1) is 0 Å². The Bertz CT molecular complexity index is 1100. The molecule has 3 aromatic rings. The van der Waals surface area contributed by atoms with Crippen LogP contribution in [-0.2, 0) is 4.74 Å². The van der Waals surface area contributed by atoms with Gasteiger partial charge in [-0.05, 0) is 31.7 Å². The van der Waals surface area contributed by atoms with E-state index in [-0.39, 0.29) is 6.10 Å². The number of aromatic nitrogens is 4. The van der Waals surface area contributed by atoms with Crippen LogP contribution in [0, 0.1) is 11.3 Å². The number of benzene rings is 1. The molecule has 2 aliphatic rings. The lowest BCUT2D eigenvalue weighted by atomic mass is 9.93. The highest BCUT2D eigenvalue weighted by atomic mass is 16.5. The van der Waals surface area contributed by atoms with Crippen molar-refractivity contribution in [1.29, 1.82) is 5.26 Å². The standard InChI is InChI=1S/C23H25N7O2/c24-13-16-14-27-23(28-15-16)29-17-1-3-19(4-2-17)32-21-12-18(30-7-9-31-10-8-30)11-20-22(21)26-6-5-25-20/h5-6,11-12,14-15,17,19H,1-4,7-10H2,(H,27,28,29)/t17-,19+. The summed E-state index contributed by atoms with van der Waals surface area (Å²) in [5.41, 5.74) is 3.21. The fourth-order valence-electron chi connectivity index (χ4n) is 4.27. The summed E-state index contributed by atoms with van der Waals surface area (Å²) >= 11 is 0. The van der Waals surface area contributed by atoms with Crippen molar-refractivity contribution in [1.82, 2.24) is 19.9 Å². The molecule has 0 atom stereocenters. The quantitative estimate of drug-likeness (QED) is 0.652. The molecular weight excluding hydrogens is 406 g/mol. The van der Waals surface area contributed by atoms with Crippen molar-refractivity contribution in [2.45, 2.75) is 37.8 Å². The fraction of sp³-hybridized carbons (Fsp3) is 0.435. The number of nitrogens with one attached hydrogen (secondary N) is 1. The number of rotatable bonds is 5. The minimum atomic E-state index is 0.125. The van der Waals surface area contributed by atoms with E-state index < -0.39 is 0 Å². The lowest BCUT2D eigenvalue weighted by Crippen LogP contribution is -2.36. The molecule has 0 spiro atoms. The molecule has 0 radical (unpaired) electrons. The van der Waals surface area contributed by atoms with Gasteiger partial charge in [0, 0.05) is 43.3 Å². The van der Waals surface area contributed by atoms with E-state index in [0.717, 1.165) is 74.5 Å². The molecular formula is C23H25N7O2. The SMILES string of the molecule is N#Cc1cnc(N[C@H]2CC[C@@H](Oc3cc(N4CCOCC4)cc4nccnc34)CC2)nc1.